The summed E-state index contributed by atoms with van der Waals surface area (Å²) < 4.78 is 15.5. The summed E-state index contributed by atoms with van der Waals surface area (Å²) in [6, 6.07) is 18.0. The van der Waals surface area contributed by atoms with Crippen LogP contribution in [0.1, 0.15) is 34.7 Å². The average Bonchev–Trinajstić information content (AvgIpc) is 2.83. The molecule has 132 valence electrons. The van der Waals surface area contributed by atoms with Gasteiger partial charge in [-0.05, 0) is 56.3 Å². The van der Waals surface area contributed by atoms with E-state index in [1.165, 1.54) is 5.56 Å². The van der Waals surface area contributed by atoms with Crippen LogP contribution in [-0.4, -0.2) is 28.7 Å². The molecule has 1 aliphatic rings. The Balaban J connectivity index is 1.84. The van der Waals surface area contributed by atoms with E-state index in [-0.39, 0.29) is 11.7 Å². The highest BCUT2D eigenvalue weighted by Crippen LogP contribution is 2.37. The van der Waals surface area contributed by atoms with Crippen LogP contribution < -0.4 is 0 Å². The van der Waals surface area contributed by atoms with E-state index < -0.39 is 0 Å². The largest absolute Gasteiger partial charge is 0.302 e. The minimum atomic E-state index is -0.171. The summed E-state index contributed by atoms with van der Waals surface area (Å²) in [5, 5.41) is 8.25. The van der Waals surface area contributed by atoms with Crippen LogP contribution in [0.15, 0.2) is 54.6 Å². The van der Waals surface area contributed by atoms with Gasteiger partial charge in [-0.1, -0.05) is 36.4 Å². The number of rotatable bonds is 2. The first-order valence-electron chi connectivity index (χ1n) is 8.99. The third-order valence-electron chi connectivity index (χ3n) is 5.16. The molecule has 0 amide bonds. The van der Waals surface area contributed by atoms with E-state index in [9.17, 15) is 0 Å². The Morgan fingerprint density at radius 1 is 1.00 bits per heavy atom. The van der Waals surface area contributed by atoms with Crippen molar-refractivity contribution in [2.24, 2.45) is 0 Å². The highest BCUT2D eigenvalue weighted by Gasteiger charge is 2.26. The Morgan fingerprint density at radius 2 is 1.81 bits per heavy atom. The number of halogens is 1. The van der Waals surface area contributed by atoms with Gasteiger partial charge in [0.05, 0.1) is 11.4 Å². The molecule has 0 fully saturated rings. The molecule has 0 aliphatic carbocycles. The van der Waals surface area contributed by atoms with Crippen LogP contribution in [0.25, 0.3) is 11.3 Å². The van der Waals surface area contributed by atoms with Gasteiger partial charge in [0.25, 0.3) is 0 Å². The molecule has 0 radical (unpaired) electrons. The molecule has 1 unspecified atom stereocenters. The maximum atomic E-state index is 15.5. The first kappa shape index (κ1) is 16.9. The lowest BCUT2D eigenvalue weighted by Crippen LogP contribution is -2.18. The van der Waals surface area contributed by atoms with Crippen LogP contribution in [0.2, 0.25) is 0 Å². The first-order valence-corrected chi connectivity index (χ1v) is 8.99. The third kappa shape index (κ3) is 3.13. The van der Waals surface area contributed by atoms with Crippen molar-refractivity contribution >= 4 is 0 Å². The minimum absolute atomic E-state index is 0.171. The third-order valence-corrected chi connectivity index (χ3v) is 5.16. The minimum Gasteiger partial charge on any atom is -0.302 e. The lowest BCUT2D eigenvalue weighted by Gasteiger charge is -2.19. The van der Waals surface area contributed by atoms with E-state index in [1.54, 1.807) is 0 Å². The number of nitrogens with zero attached hydrogens (tertiary/aromatic N) is 3. The van der Waals surface area contributed by atoms with Gasteiger partial charge in [-0.3, -0.25) is 0 Å². The van der Waals surface area contributed by atoms with Crippen molar-refractivity contribution in [1.29, 1.82) is 0 Å². The standard InChI is InChI=1S/C22H22FN3/c1-15-8-11-21(25-24-15)19-10-9-18-17(16-6-4-3-5-7-16)12-13-26(2)14-20(18)22(19)23/h3-11,17H,12-14H2,1-2H3. The molecule has 0 saturated carbocycles. The smallest absolute Gasteiger partial charge is 0.137 e. The molecule has 0 saturated heterocycles. The summed E-state index contributed by atoms with van der Waals surface area (Å²) in [6.07, 6.45) is 0.983. The highest BCUT2D eigenvalue weighted by atomic mass is 19.1. The Kier molecular flexibility index (Phi) is 4.51. The highest BCUT2D eigenvalue weighted by molar-refractivity contribution is 5.62. The molecule has 4 heteroatoms. The zero-order valence-electron chi connectivity index (χ0n) is 15.1. The number of aryl methyl sites for hydroxylation is 1. The van der Waals surface area contributed by atoms with Crippen LogP contribution in [0.5, 0.6) is 0 Å². The molecular formula is C22H22FN3. The number of aromatic nitrogens is 2. The maximum Gasteiger partial charge on any atom is 0.137 e. The van der Waals surface area contributed by atoms with Crippen molar-refractivity contribution in [1.82, 2.24) is 15.1 Å². The molecule has 26 heavy (non-hydrogen) atoms. The predicted octanol–water partition coefficient (Wildman–Crippen LogP) is 4.56. The van der Waals surface area contributed by atoms with Gasteiger partial charge >= 0.3 is 0 Å². The Labute approximate surface area is 153 Å². The fraction of sp³-hybridized carbons (Fsp3) is 0.273. The topological polar surface area (TPSA) is 29.0 Å². The number of hydrogen-bond acceptors (Lipinski definition) is 3. The van der Waals surface area contributed by atoms with Gasteiger partial charge in [-0.2, -0.15) is 10.2 Å². The molecule has 0 bridgehead atoms. The van der Waals surface area contributed by atoms with Gasteiger partial charge in [0.1, 0.15) is 5.82 Å². The van der Waals surface area contributed by atoms with Crippen molar-refractivity contribution in [3.8, 4) is 11.3 Å². The van der Waals surface area contributed by atoms with Gasteiger partial charge in [-0.25, -0.2) is 4.39 Å². The van der Waals surface area contributed by atoms with Gasteiger partial charge in [0.15, 0.2) is 0 Å². The molecule has 4 rings (SSSR count). The fourth-order valence-corrected chi connectivity index (χ4v) is 3.75. The Hall–Kier alpha value is -2.59. The molecule has 1 atom stereocenters. The lowest BCUT2D eigenvalue weighted by atomic mass is 9.85. The predicted molar refractivity (Wildman–Crippen MR) is 101 cm³/mol. The van der Waals surface area contributed by atoms with Crippen LogP contribution in [0, 0.1) is 12.7 Å². The van der Waals surface area contributed by atoms with E-state index >= 15 is 4.39 Å². The average molecular weight is 347 g/mol. The zero-order chi connectivity index (χ0) is 18.1. The molecule has 2 aromatic carbocycles. The van der Waals surface area contributed by atoms with Gasteiger partial charge < -0.3 is 4.90 Å². The second kappa shape index (κ2) is 6.96. The quantitative estimate of drug-likeness (QED) is 0.680. The monoisotopic (exact) mass is 347 g/mol. The molecule has 0 N–H and O–H groups in total. The summed E-state index contributed by atoms with van der Waals surface area (Å²) in [5.74, 6) is 0.0409. The van der Waals surface area contributed by atoms with E-state index in [0.29, 0.717) is 17.8 Å². The van der Waals surface area contributed by atoms with E-state index in [0.717, 1.165) is 29.8 Å². The second-order valence-electron chi connectivity index (χ2n) is 7.04. The summed E-state index contributed by atoms with van der Waals surface area (Å²) in [7, 11) is 2.05. The van der Waals surface area contributed by atoms with Crippen molar-refractivity contribution in [3.63, 3.8) is 0 Å². The van der Waals surface area contributed by atoms with Gasteiger partial charge in [0.2, 0.25) is 0 Å². The van der Waals surface area contributed by atoms with Crippen LogP contribution in [-0.2, 0) is 6.54 Å². The Bertz CT molecular complexity index is 907. The molecule has 1 aliphatic heterocycles. The van der Waals surface area contributed by atoms with Crippen molar-refractivity contribution in [2.45, 2.75) is 25.8 Å². The zero-order valence-corrected chi connectivity index (χ0v) is 15.1. The SMILES string of the molecule is Cc1ccc(-c2ccc3c(c2F)CN(C)CCC3c2ccccc2)nn1. The van der Waals surface area contributed by atoms with Gasteiger partial charge in [0, 0.05) is 23.6 Å². The molecule has 1 aromatic heterocycles. The summed E-state index contributed by atoms with van der Waals surface area (Å²) in [5.41, 5.74) is 5.04. The summed E-state index contributed by atoms with van der Waals surface area (Å²) >= 11 is 0. The van der Waals surface area contributed by atoms with Crippen molar-refractivity contribution in [3.05, 3.63) is 82.8 Å². The Morgan fingerprint density at radius 3 is 2.54 bits per heavy atom. The molecule has 3 nitrogen and oxygen atoms in total. The number of hydrogen-bond donors (Lipinski definition) is 0. The molecule has 2 heterocycles. The van der Waals surface area contributed by atoms with Crippen LogP contribution in [0.4, 0.5) is 4.39 Å². The fourth-order valence-electron chi connectivity index (χ4n) is 3.75. The second-order valence-corrected chi connectivity index (χ2v) is 7.04. The maximum absolute atomic E-state index is 15.5. The normalized spacial score (nSPS) is 17.6. The lowest BCUT2D eigenvalue weighted by molar-refractivity contribution is 0.324. The van der Waals surface area contributed by atoms with Crippen LogP contribution in [0.3, 0.4) is 0 Å². The number of fused-ring (bicyclic) bond motifs is 1. The molecule has 0 spiro atoms. The van der Waals surface area contributed by atoms with Crippen molar-refractivity contribution in [2.75, 3.05) is 13.6 Å². The summed E-state index contributed by atoms with van der Waals surface area (Å²) in [4.78, 5) is 2.19. The van der Waals surface area contributed by atoms with Crippen LogP contribution >= 0.6 is 0 Å². The van der Waals surface area contributed by atoms with E-state index in [1.807, 2.05) is 31.2 Å². The number of benzene rings is 2. The van der Waals surface area contributed by atoms with Crippen molar-refractivity contribution < 1.29 is 4.39 Å². The molecule has 3 aromatic rings. The van der Waals surface area contributed by atoms with Gasteiger partial charge in [-0.15, -0.1) is 0 Å². The first-order chi connectivity index (χ1) is 12.6. The summed E-state index contributed by atoms with van der Waals surface area (Å²) in [6.45, 7) is 3.43. The molecular weight excluding hydrogens is 325 g/mol. The van der Waals surface area contributed by atoms with E-state index in [4.69, 9.17) is 0 Å². The van der Waals surface area contributed by atoms with E-state index in [2.05, 4.69) is 52.5 Å².